The van der Waals surface area contributed by atoms with E-state index >= 15 is 0 Å². The van der Waals surface area contributed by atoms with Crippen LogP contribution in [0.25, 0.3) is 11.5 Å². The van der Waals surface area contributed by atoms with Crippen LogP contribution in [0.1, 0.15) is 48.9 Å². The van der Waals surface area contributed by atoms with E-state index in [2.05, 4.69) is 22.3 Å². The van der Waals surface area contributed by atoms with Gasteiger partial charge in [-0.05, 0) is 25.7 Å². The number of nitrogens with one attached hydrogen (secondary N) is 1. The molecule has 0 spiro atoms. The van der Waals surface area contributed by atoms with Crippen molar-refractivity contribution >= 4 is 5.91 Å². The summed E-state index contributed by atoms with van der Waals surface area (Å²) in [5.74, 6) is 1.27. The van der Waals surface area contributed by atoms with Crippen molar-refractivity contribution < 1.29 is 13.9 Å². The molecule has 7 heteroatoms. The lowest BCUT2D eigenvalue weighted by molar-refractivity contribution is -0.00295. The van der Waals surface area contributed by atoms with E-state index in [-0.39, 0.29) is 5.91 Å². The number of aromatic nitrogens is 3. The predicted molar refractivity (Wildman–Crippen MR) is 93.1 cm³/mol. The van der Waals surface area contributed by atoms with Gasteiger partial charge in [-0.15, -0.1) is 0 Å². The number of nitrogens with zero attached hydrogens (tertiary/aromatic N) is 3. The summed E-state index contributed by atoms with van der Waals surface area (Å²) in [5.41, 5.74) is 1.06. The molecule has 1 saturated carbocycles. The molecule has 0 aromatic carbocycles. The average Bonchev–Trinajstić information content (AvgIpc) is 3.19. The van der Waals surface area contributed by atoms with Gasteiger partial charge in [-0.1, -0.05) is 19.8 Å². The van der Waals surface area contributed by atoms with Crippen LogP contribution in [0.15, 0.2) is 16.8 Å². The van der Waals surface area contributed by atoms with Gasteiger partial charge in [0.2, 0.25) is 5.89 Å². The van der Waals surface area contributed by atoms with Crippen molar-refractivity contribution in [2.45, 2.75) is 45.6 Å². The smallest absolute Gasteiger partial charge is 0.273 e. The maximum Gasteiger partial charge on any atom is 0.273 e. The van der Waals surface area contributed by atoms with Crippen LogP contribution in [-0.4, -0.2) is 39.9 Å². The third-order valence-electron chi connectivity index (χ3n) is 4.72. The highest BCUT2D eigenvalue weighted by molar-refractivity contribution is 5.93. The van der Waals surface area contributed by atoms with Crippen LogP contribution in [0.5, 0.6) is 0 Å². The number of aryl methyl sites for hydroxylation is 2. The summed E-state index contributed by atoms with van der Waals surface area (Å²) in [6.45, 7) is 4.97. The van der Waals surface area contributed by atoms with Gasteiger partial charge in [-0.25, -0.2) is 4.98 Å². The Morgan fingerprint density at radius 3 is 2.96 bits per heavy atom. The minimum Gasteiger partial charge on any atom is -0.440 e. The molecule has 7 nitrogen and oxygen atoms in total. The van der Waals surface area contributed by atoms with E-state index in [4.69, 9.17) is 9.15 Å². The van der Waals surface area contributed by atoms with Crippen molar-refractivity contribution in [3.05, 3.63) is 23.8 Å². The molecule has 2 aromatic heterocycles. The zero-order valence-electron chi connectivity index (χ0n) is 15.1. The van der Waals surface area contributed by atoms with Crippen LogP contribution in [0.3, 0.4) is 0 Å². The molecule has 25 heavy (non-hydrogen) atoms. The molecule has 0 radical (unpaired) electrons. The van der Waals surface area contributed by atoms with Crippen LogP contribution in [-0.2, 0) is 11.8 Å². The lowest BCUT2D eigenvalue weighted by Crippen LogP contribution is -2.32. The van der Waals surface area contributed by atoms with Crippen LogP contribution in [0.4, 0.5) is 0 Å². The number of hydrogen-bond donors (Lipinski definition) is 1. The Kier molecular flexibility index (Phi) is 5.53. The molecular weight excluding hydrogens is 320 g/mol. The fraction of sp³-hybridized carbons (Fsp3) is 0.611. The lowest BCUT2D eigenvalue weighted by Gasteiger charge is -2.28. The lowest BCUT2D eigenvalue weighted by atomic mass is 9.88. The zero-order valence-corrected chi connectivity index (χ0v) is 15.1. The highest BCUT2D eigenvalue weighted by atomic mass is 16.5. The first kappa shape index (κ1) is 17.7. The largest absolute Gasteiger partial charge is 0.440 e. The van der Waals surface area contributed by atoms with Gasteiger partial charge < -0.3 is 14.5 Å². The highest BCUT2D eigenvalue weighted by Gasteiger charge is 2.22. The molecular formula is C18H26N4O3. The van der Waals surface area contributed by atoms with Crippen LogP contribution in [0.2, 0.25) is 0 Å². The Labute approximate surface area is 147 Å². The molecule has 1 N–H and O–H groups in total. The Hall–Kier alpha value is -2.15. The monoisotopic (exact) mass is 346 g/mol. The summed E-state index contributed by atoms with van der Waals surface area (Å²) in [6, 6.07) is 0. The standard InChI is InChI=1S/C18H26N4O3/c1-12-6-4-5-7-15(12)24-9-8-19-17(23)16-13(2)25-18(21-16)14-10-20-22(3)11-14/h10-12,15H,4-9H2,1-3H3,(H,19,23)/t12-,15-/m0/s1. The van der Waals surface area contributed by atoms with Crippen molar-refractivity contribution in [2.75, 3.05) is 13.2 Å². The van der Waals surface area contributed by atoms with E-state index in [0.717, 1.165) is 12.0 Å². The van der Waals surface area contributed by atoms with Gasteiger partial charge in [-0.3, -0.25) is 9.48 Å². The van der Waals surface area contributed by atoms with E-state index in [1.807, 2.05) is 7.05 Å². The Morgan fingerprint density at radius 2 is 2.24 bits per heavy atom. The van der Waals surface area contributed by atoms with E-state index < -0.39 is 0 Å². The predicted octanol–water partition coefficient (Wildman–Crippen LogP) is 2.71. The maximum atomic E-state index is 12.3. The fourth-order valence-electron chi connectivity index (χ4n) is 3.25. The van der Waals surface area contributed by atoms with Crippen LogP contribution in [0, 0.1) is 12.8 Å². The van der Waals surface area contributed by atoms with Gasteiger partial charge in [-0.2, -0.15) is 5.10 Å². The molecule has 0 unspecified atom stereocenters. The normalized spacial score (nSPS) is 20.6. The third kappa shape index (κ3) is 4.28. The third-order valence-corrected chi connectivity index (χ3v) is 4.72. The first-order chi connectivity index (χ1) is 12.0. The molecule has 136 valence electrons. The second-order valence-electron chi connectivity index (χ2n) is 6.75. The summed E-state index contributed by atoms with van der Waals surface area (Å²) < 4.78 is 13.2. The molecule has 1 fully saturated rings. The molecule has 2 heterocycles. The highest BCUT2D eigenvalue weighted by Crippen LogP contribution is 2.26. The number of carbonyl (C=O) groups is 1. The minimum atomic E-state index is -0.239. The zero-order chi connectivity index (χ0) is 17.8. The number of rotatable bonds is 6. The molecule has 0 saturated heterocycles. The molecule has 1 amide bonds. The van der Waals surface area contributed by atoms with Crippen LogP contribution < -0.4 is 5.32 Å². The summed E-state index contributed by atoms with van der Waals surface area (Å²) in [5, 5.41) is 6.94. The Bertz CT molecular complexity index is 722. The first-order valence-electron chi connectivity index (χ1n) is 8.91. The van der Waals surface area contributed by atoms with Gasteiger partial charge in [0.15, 0.2) is 5.69 Å². The van der Waals surface area contributed by atoms with Gasteiger partial charge in [0.05, 0.1) is 24.5 Å². The van der Waals surface area contributed by atoms with E-state index in [1.54, 1.807) is 24.0 Å². The number of ether oxygens (including phenoxy) is 1. The SMILES string of the molecule is Cc1oc(-c2cnn(C)c2)nc1C(=O)NCCO[C@H]1CCCC[C@@H]1C. The molecule has 0 bridgehead atoms. The minimum absolute atomic E-state index is 0.239. The first-order valence-corrected chi connectivity index (χ1v) is 8.91. The average molecular weight is 346 g/mol. The fourth-order valence-corrected chi connectivity index (χ4v) is 3.25. The Morgan fingerprint density at radius 1 is 1.44 bits per heavy atom. The van der Waals surface area contributed by atoms with Crippen molar-refractivity contribution in [2.24, 2.45) is 13.0 Å². The van der Waals surface area contributed by atoms with Crippen LogP contribution >= 0.6 is 0 Å². The number of hydrogen-bond acceptors (Lipinski definition) is 5. The molecule has 1 aliphatic carbocycles. The van der Waals surface area contributed by atoms with Gasteiger partial charge in [0.25, 0.3) is 5.91 Å². The molecule has 0 aliphatic heterocycles. The van der Waals surface area contributed by atoms with Gasteiger partial charge >= 0.3 is 0 Å². The quantitative estimate of drug-likeness (QED) is 0.813. The van der Waals surface area contributed by atoms with Gasteiger partial charge in [0.1, 0.15) is 5.76 Å². The molecule has 2 aromatic rings. The van der Waals surface area contributed by atoms with Crippen molar-refractivity contribution in [3.63, 3.8) is 0 Å². The second kappa shape index (κ2) is 7.82. The number of amides is 1. The van der Waals surface area contributed by atoms with Crippen molar-refractivity contribution in [3.8, 4) is 11.5 Å². The number of oxazole rings is 1. The van der Waals surface area contributed by atoms with Crippen molar-refractivity contribution in [1.82, 2.24) is 20.1 Å². The molecule has 3 rings (SSSR count). The Balaban J connectivity index is 1.50. The molecule has 2 atom stereocenters. The second-order valence-corrected chi connectivity index (χ2v) is 6.75. The summed E-state index contributed by atoms with van der Waals surface area (Å²) in [4.78, 5) is 16.6. The topological polar surface area (TPSA) is 82.2 Å². The summed E-state index contributed by atoms with van der Waals surface area (Å²) >= 11 is 0. The van der Waals surface area contributed by atoms with E-state index in [9.17, 15) is 4.79 Å². The summed E-state index contributed by atoms with van der Waals surface area (Å²) in [6.07, 6.45) is 8.65. The summed E-state index contributed by atoms with van der Waals surface area (Å²) in [7, 11) is 1.82. The maximum absolute atomic E-state index is 12.3. The van der Waals surface area contributed by atoms with E-state index in [1.165, 1.54) is 19.3 Å². The van der Waals surface area contributed by atoms with E-state index in [0.29, 0.717) is 42.5 Å². The molecule has 1 aliphatic rings. The number of carbonyl (C=O) groups excluding carboxylic acids is 1. The van der Waals surface area contributed by atoms with Crippen molar-refractivity contribution in [1.29, 1.82) is 0 Å². The van der Waals surface area contributed by atoms with Gasteiger partial charge in [0, 0.05) is 19.8 Å².